The summed E-state index contributed by atoms with van der Waals surface area (Å²) >= 11 is 3.35. The van der Waals surface area contributed by atoms with Crippen LogP contribution in [-0.4, -0.2) is 15.7 Å². The van der Waals surface area contributed by atoms with Crippen molar-refractivity contribution in [3.63, 3.8) is 0 Å². The first-order valence-corrected chi connectivity index (χ1v) is 6.40. The van der Waals surface area contributed by atoms with Crippen molar-refractivity contribution < 1.29 is 4.79 Å². The second kappa shape index (κ2) is 5.35. The van der Waals surface area contributed by atoms with Crippen molar-refractivity contribution in [3.05, 3.63) is 52.3 Å². The number of carbonyl (C=O) groups excluding carboxylic acids is 1. The number of hydrogen-bond donors (Lipinski definition) is 1. The highest BCUT2D eigenvalue weighted by Gasteiger charge is 2.12. The Bertz CT molecular complexity index is 565. The van der Waals surface area contributed by atoms with E-state index in [1.54, 1.807) is 23.0 Å². The Morgan fingerprint density at radius 2 is 2.28 bits per heavy atom. The van der Waals surface area contributed by atoms with Gasteiger partial charge >= 0.3 is 0 Å². The summed E-state index contributed by atoms with van der Waals surface area (Å²) in [5, 5.41) is 7.03. The fraction of sp³-hybridized carbons (Fsp3) is 0.231. The molecule has 0 bridgehead atoms. The number of benzene rings is 1. The first kappa shape index (κ1) is 12.8. The van der Waals surface area contributed by atoms with E-state index in [1.165, 1.54) is 0 Å². The highest BCUT2D eigenvalue weighted by atomic mass is 79.9. The SMILES string of the molecule is CC(NC(=O)c1cccc(Br)c1)c1cnn(C)c1. The molecule has 18 heavy (non-hydrogen) atoms. The molecule has 1 N–H and O–H groups in total. The zero-order chi connectivity index (χ0) is 13.1. The lowest BCUT2D eigenvalue weighted by Crippen LogP contribution is -2.26. The predicted octanol–water partition coefficient (Wildman–Crippen LogP) is 2.67. The number of hydrogen-bond acceptors (Lipinski definition) is 2. The lowest BCUT2D eigenvalue weighted by molar-refractivity contribution is 0.0940. The second-order valence-electron chi connectivity index (χ2n) is 4.15. The van der Waals surface area contributed by atoms with E-state index in [1.807, 2.05) is 32.3 Å². The van der Waals surface area contributed by atoms with Crippen molar-refractivity contribution in [1.29, 1.82) is 0 Å². The summed E-state index contributed by atoms with van der Waals surface area (Å²) in [7, 11) is 1.85. The van der Waals surface area contributed by atoms with Gasteiger partial charge in [-0.2, -0.15) is 5.10 Å². The van der Waals surface area contributed by atoms with Crippen molar-refractivity contribution in [2.45, 2.75) is 13.0 Å². The van der Waals surface area contributed by atoms with E-state index >= 15 is 0 Å². The summed E-state index contributed by atoms with van der Waals surface area (Å²) in [6.45, 7) is 1.94. The maximum absolute atomic E-state index is 12.0. The minimum Gasteiger partial charge on any atom is -0.345 e. The number of rotatable bonds is 3. The zero-order valence-electron chi connectivity index (χ0n) is 10.2. The minimum atomic E-state index is -0.0901. The molecule has 0 spiro atoms. The Labute approximate surface area is 114 Å². The average molecular weight is 308 g/mol. The third kappa shape index (κ3) is 2.98. The molecule has 1 heterocycles. The van der Waals surface area contributed by atoms with Gasteiger partial charge < -0.3 is 5.32 Å². The number of amides is 1. The maximum atomic E-state index is 12.0. The summed E-state index contributed by atoms with van der Waals surface area (Å²) in [4.78, 5) is 12.0. The predicted molar refractivity (Wildman–Crippen MR) is 73.2 cm³/mol. The van der Waals surface area contributed by atoms with Crippen LogP contribution in [0.15, 0.2) is 41.1 Å². The molecule has 4 nitrogen and oxygen atoms in total. The van der Waals surface area contributed by atoms with Crippen molar-refractivity contribution in [3.8, 4) is 0 Å². The molecule has 2 rings (SSSR count). The molecular weight excluding hydrogens is 294 g/mol. The van der Waals surface area contributed by atoms with Crippen molar-refractivity contribution in [2.24, 2.45) is 7.05 Å². The largest absolute Gasteiger partial charge is 0.345 e. The molecule has 0 saturated heterocycles. The molecule has 1 atom stereocenters. The number of carbonyl (C=O) groups is 1. The summed E-state index contributed by atoms with van der Waals surface area (Å²) < 4.78 is 2.61. The van der Waals surface area contributed by atoms with E-state index < -0.39 is 0 Å². The highest BCUT2D eigenvalue weighted by Crippen LogP contribution is 2.14. The lowest BCUT2D eigenvalue weighted by atomic mass is 10.1. The van der Waals surface area contributed by atoms with Gasteiger partial charge in [-0.3, -0.25) is 9.48 Å². The highest BCUT2D eigenvalue weighted by molar-refractivity contribution is 9.10. The molecule has 1 aromatic carbocycles. The van der Waals surface area contributed by atoms with Crippen LogP contribution in [0.1, 0.15) is 28.9 Å². The summed E-state index contributed by atoms with van der Waals surface area (Å²) in [6.07, 6.45) is 3.65. The number of nitrogens with one attached hydrogen (secondary N) is 1. The second-order valence-corrected chi connectivity index (χ2v) is 5.07. The van der Waals surface area contributed by atoms with Crippen molar-refractivity contribution in [1.82, 2.24) is 15.1 Å². The molecule has 0 radical (unpaired) electrons. The Hall–Kier alpha value is -1.62. The van der Waals surface area contributed by atoms with Crippen molar-refractivity contribution in [2.75, 3.05) is 0 Å². The standard InChI is InChI=1S/C13H14BrN3O/c1-9(11-7-15-17(2)8-11)16-13(18)10-4-3-5-12(14)6-10/h3-9H,1-2H3,(H,16,18). The fourth-order valence-corrected chi connectivity index (χ4v) is 2.06. The van der Waals surface area contributed by atoms with Crippen LogP contribution >= 0.6 is 15.9 Å². The van der Waals surface area contributed by atoms with Crippen LogP contribution in [0.2, 0.25) is 0 Å². The van der Waals surface area contributed by atoms with E-state index in [0.29, 0.717) is 5.56 Å². The Morgan fingerprint density at radius 3 is 2.89 bits per heavy atom. The fourth-order valence-electron chi connectivity index (χ4n) is 1.66. The van der Waals surface area contributed by atoms with Crippen LogP contribution in [0.4, 0.5) is 0 Å². The van der Waals surface area contributed by atoms with Gasteiger partial charge in [0.15, 0.2) is 0 Å². The zero-order valence-corrected chi connectivity index (χ0v) is 11.8. The number of halogens is 1. The topological polar surface area (TPSA) is 46.9 Å². The molecule has 0 aliphatic heterocycles. The van der Waals surface area contributed by atoms with Crippen molar-refractivity contribution >= 4 is 21.8 Å². The molecule has 0 fully saturated rings. The number of nitrogens with zero attached hydrogens (tertiary/aromatic N) is 2. The van der Waals surface area contributed by atoms with Gasteiger partial charge in [-0.1, -0.05) is 22.0 Å². The van der Waals surface area contributed by atoms with Gasteiger partial charge in [0.05, 0.1) is 12.2 Å². The lowest BCUT2D eigenvalue weighted by Gasteiger charge is -2.12. The van der Waals surface area contributed by atoms with Gasteiger partial charge in [0.2, 0.25) is 0 Å². The molecular formula is C13H14BrN3O. The third-order valence-corrected chi connectivity index (χ3v) is 3.15. The molecule has 0 aliphatic carbocycles. The van der Waals surface area contributed by atoms with Crippen LogP contribution < -0.4 is 5.32 Å². The molecule has 1 amide bonds. The summed E-state index contributed by atoms with van der Waals surface area (Å²) in [5.74, 6) is -0.0901. The molecule has 5 heteroatoms. The van der Waals surface area contributed by atoms with Gasteiger partial charge in [0.25, 0.3) is 5.91 Å². The van der Waals surface area contributed by atoms with E-state index in [4.69, 9.17) is 0 Å². The van der Waals surface area contributed by atoms with E-state index in [-0.39, 0.29) is 11.9 Å². The molecule has 0 aliphatic rings. The molecule has 1 unspecified atom stereocenters. The third-order valence-electron chi connectivity index (χ3n) is 2.66. The number of aryl methyl sites for hydroxylation is 1. The Morgan fingerprint density at radius 1 is 1.50 bits per heavy atom. The Kier molecular flexibility index (Phi) is 3.81. The van der Waals surface area contributed by atoms with Gasteiger partial charge in [0, 0.05) is 28.8 Å². The van der Waals surface area contributed by atoms with E-state index in [2.05, 4.69) is 26.3 Å². The van der Waals surface area contributed by atoms with Gasteiger partial charge in [0.1, 0.15) is 0 Å². The van der Waals surface area contributed by atoms with E-state index in [9.17, 15) is 4.79 Å². The van der Waals surface area contributed by atoms with Crippen LogP contribution in [-0.2, 0) is 7.05 Å². The van der Waals surface area contributed by atoms with Crippen LogP contribution in [0, 0.1) is 0 Å². The maximum Gasteiger partial charge on any atom is 0.251 e. The molecule has 2 aromatic rings. The Balaban J connectivity index is 2.08. The number of aromatic nitrogens is 2. The normalized spacial score (nSPS) is 12.2. The van der Waals surface area contributed by atoms with Crippen LogP contribution in [0.3, 0.4) is 0 Å². The average Bonchev–Trinajstić information content (AvgIpc) is 2.76. The van der Waals surface area contributed by atoms with Gasteiger partial charge in [-0.15, -0.1) is 0 Å². The first-order chi connectivity index (χ1) is 8.56. The monoisotopic (exact) mass is 307 g/mol. The molecule has 94 valence electrons. The first-order valence-electron chi connectivity index (χ1n) is 5.61. The van der Waals surface area contributed by atoms with Crippen LogP contribution in [0.5, 0.6) is 0 Å². The molecule has 1 aromatic heterocycles. The van der Waals surface area contributed by atoms with Gasteiger partial charge in [-0.25, -0.2) is 0 Å². The van der Waals surface area contributed by atoms with Crippen LogP contribution in [0.25, 0.3) is 0 Å². The summed E-state index contributed by atoms with van der Waals surface area (Å²) in [5.41, 5.74) is 1.63. The smallest absolute Gasteiger partial charge is 0.251 e. The quantitative estimate of drug-likeness (QED) is 0.947. The molecule has 0 saturated carbocycles. The minimum absolute atomic E-state index is 0.0646. The summed E-state index contributed by atoms with van der Waals surface area (Å²) in [6, 6.07) is 7.25. The van der Waals surface area contributed by atoms with E-state index in [0.717, 1.165) is 10.0 Å². The van der Waals surface area contributed by atoms with Gasteiger partial charge in [-0.05, 0) is 25.1 Å².